The van der Waals surface area contributed by atoms with Gasteiger partial charge in [-0.2, -0.15) is 10.5 Å². The molecule has 0 bridgehead atoms. The molecule has 2 rings (SSSR count). The average molecular weight is 1030 g/mol. The number of carbonyl (C=O) groups excluding carboxylic acids is 4. The summed E-state index contributed by atoms with van der Waals surface area (Å²) in [5.74, 6) is -8.98. The number of nitrogens with one attached hydrogen (secondary N) is 2. The van der Waals surface area contributed by atoms with Gasteiger partial charge in [0.2, 0.25) is 0 Å². The first-order valence-electron chi connectivity index (χ1n) is 21.6. The molecule has 0 saturated heterocycles. The molecule has 0 aliphatic carbocycles. The molecule has 2 aromatic rings. The first-order chi connectivity index (χ1) is 31.6. The second-order valence-corrected chi connectivity index (χ2v) is 14.3. The third-order valence-electron chi connectivity index (χ3n) is 7.85. The van der Waals surface area contributed by atoms with E-state index in [4.69, 9.17) is 30.9 Å². The van der Waals surface area contributed by atoms with E-state index in [1.54, 1.807) is 49.6 Å². The predicted octanol–water partition coefficient (Wildman–Crippen LogP) is -3.52. The minimum Gasteiger partial charge on any atom is -0.549 e. The third kappa shape index (κ3) is 54.6. The van der Waals surface area contributed by atoms with Gasteiger partial charge in [-0.1, -0.05) is 0 Å². The van der Waals surface area contributed by atoms with E-state index in [-0.39, 0.29) is 76.1 Å². The number of aliphatic hydroxyl groups excluding tert-OH is 2. The SMILES string of the molecule is CC#N.CC#N.CC(C)O.CC(C)O.CC[NH+](CC)CC.CC[NH+](CC)CC.O=C([O-])CN(CC(=O)[O-])Cc1cc(C(=O)O)ccc1O.O=C([O-])CN(CC(=O)[O-])Cc1cc(C(=O)O)ccc1O.[Cu+2]. The molecule has 397 valence electrons. The van der Waals surface area contributed by atoms with E-state index in [9.17, 15) is 59.4 Å². The van der Waals surface area contributed by atoms with Gasteiger partial charge in [0.05, 0.1) is 86.4 Å². The Kier molecular flexibility index (Phi) is 56.1. The van der Waals surface area contributed by atoms with Crippen molar-refractivity contribution in [1.82, 2.24) is 9.80 Å². The summed E-state index contributed by atoms with van der Waals surface area (Å²) in [4.78, 5) is 68.9. The van der Waals surface area contributed by atoms with E-state index in [2.05, 4.69) is 41.5 Å². The Morgan fingerprint density at radius 3 is 0.855 bits per heavy atom. The van der Waals surface area contributed by atoms with Gasteiger partial charge in [-0.3, -0.25) is 9.80 Å². The zero-order chi connectivity index (χ0) is 54.5. The van der Waals surface area contributed by atoms with E-state index in [1.807, 2.05) is 0 Å². The smallest absolute Gasteiger partial charge is 0.549 e. The van der Waals surface area contributed by atoms with Crippen LogP contribution in [0.4, 0.5) is 0 Å². The second-order valence-electron chi connectivity index (χ2n) is 14.3. The molecule has 1 radical (unpaired) electrons. The fourth-order valence-corrected chi connectivity index (χ4v) is 4.74. The van der Waals surface area contributed by atoms with Gasteiger partial charge in [0.1, 0.15) is 11.5 Å². The molecule has 69 heavy (non-hydrogen) atoms. The molecule has 0 aliphatic rings. The van der Waals surface area contributed by atoms with Gasteiger partial charge in [0, 0.05) is 76.5 Å². The van der Waals surface area contributed by atoms with Crippen molar-refractivity contribution in [2.24, 2.45) is 0 Å². The number of phenols is 2. The zero-order valence-corrected chi connectivity index (χ0v) is 42.9. The number of benzene rings is 2. The Bertz CT molecular complexity index is 1600. The van der Waals surface area contributed by atoms with Crippen LogP contribution in [0.25, 0.3) is 0 Å². The summed E-state index contributed by atoms with van der Waals surface area (Å²) in [6, 6.07) is 10.4. The molecule has 0 aliphatic heterocycles. The molecule has 22 nitrogen and oxygen atoms in total. The van der Waals surface area contributed by atoms with Gasteiger partial charge in [-0.05, 0) is 106 Å². The van der Waals surface area contributed by atoms with Crippen molar-refractivity contribution in [2.45, 2.75) is 108 Å². The van der Waals surface area contributed by atoms with E-state index in [0.29, 0.717) is 0 Å². The molecule has 0 fully saturated rings. The fraction of sp³-hybridized carbons (Fsp3) is 0.565. The summed E-state index contributed by atoms with van der Waals surface area (Å²) in [5, 5.41) is 110. The number of nitriles is 2. The molecule has 0 spiro atoms. The molecule has 0 heterocycles. The van der Waals surface area contributed by atoms with Gasteiger partial charge >= 0.3 is 29.0 Å². The predicted molar refractivity (Wildman–Crippen MR) is 243 cm³/mol. The Labute approximate surface area is 417 Å². The van der Waals surface area contributed by atoms with Crippen molar-refractivity contribution < 1.29 is 107 Å². The van der Waals surface area contributed by atoms with Crippen molar-refractivity contribution in [3.8, 4) is 23.6 Å². The number of rotatable bonds is 20. The van der Waals surface area contributed by atoms with Gasteiger partial charge in [0.15, 0.2) is 0 Å². The number of hydrogen-bond acceptors (Lipinski definition) is 18. The van der Waals surface area contributed by atoms with Gasteiger partial charge < -0.3 is 80.0 Å². The molecule has 0 saturated carbocycles. The van der Waals surface area contributed by atoms with Crippen LogP contribution in [0.5, 0.6) is 11.5 Å². The number of hydrogen-bond donors (Lipinski definition) is 8. The number of carbonyl (C=O) groups is 6. The number of aromatic carboxylic acids is 2. The van der Waals surface area contributed by atoms with Crippen molar-refractivity contribution in [3.63, 3.8) is 0 Å². The van der Waals surface area contributed by atoms with Crippen LogP contribution >= 0.6 is 0 Å². The Morgan fingerprint density at radius 1 is 0.536 bits per heavy atom. The van der Waals surface area contributed by atoms with E-state index in [0.717, 1.165) is 34.1 Å². The molecular weight excluding hydrogens is 956 g/mol. The molecule has 0 aromatic heterocycles. The summed E-state index contributed by atoms with van der Waals surface area (Å²) in [6.07, 6.45) is -0.333. The number of quaternary nitrogens is 2. The maximum atomic E-state index is 10.8. The molecule has 0 amide bonds. The third-order valence-corrected chi connectivity index (χ3v) is 7.85. The first kappa shape index (κ1) is 77.3. The van der Waals surface area contributed by atoms with Gasteiger partial charge in [-0.15, -0.1) is 0 Å². The number of carboxylic acid groups (broad SMARTS) is 6. The Morgan fingerprint density at radius 2 is 0.725 bits per heavy atom. The Hall–Kier alpha value is -5.88. The molecule has 2 aromatic carbocycles. The van der Waals surface area contributed by atoms with Crippen molar-refractivity contribution in [2.75, 3.05) is 65.4 Å². The maximum absolute atomic E-state index is 10.8. The number of carboxylic acids is 6. The quantitative estimate of drug-likeness (QED) is 0.0596. The summed E-state index contributed by atoms with van der Waals surface area (Å²) in [6.45, 7) is 27.4. The molecule has 23 heteroatoms. The van der Waals surface area contributed by atoms with Crippen LogP contribution < -0.4 is 30.2 Å². The number of aliphatic carboxylic acids is 4. The number of aromatic hydroxyl groups is 2. The van der Waals surface area contributed by atoms with Gasteiger partial charge in [-0.25, -0.2) is 9.59 Å². The summed E-state index contributed by atoms with van der Waals surface area (Å²) >= 11 is 0. The average Bonchev–Trinajstić information content (AvgIpc) is 3.21. The molecule has 0 unspecified atom stereocenters. The molecule has 0 atom stereocenters. The number of aliphatic hydroxyl groups is 2. The number of phenolic OH excluding ortho intramolecular Hbond substituents is 2. The van der Waals surface area contributed by atoms with Crippen LogP contribution in [-0.4, -0.2) is 154 Å². The normalized spacial score (nSPS) is 9.42. The maximum Gasteiger partial charge on any atom is 2.00 e. The first-order valence-corrected chi connectivity index (χ1v) is 21.6. The van der Waals surface area contributed by atoms with Crippen LogP contribution in [0.15, 0.2) is 36.4 Å². The van der Waals surface area contributed by atoms with Gasteiger partial charge in [0.25, 0.3) is 0 Å². The van der Waals surface area contributed by atoms with Crippen LogP contribution in [-0.2, 0) is 49.3 Å². The Balaban J connectivity index is -0.000000144. The second kappa shape index (κ2) is 50.0. The summed E-state index contributed by atoms with van der Waals surface area (Å²) < 4.78 is 0. The van der Waals surface area contributed by atoms with E-state index in [1.165, 1.54) is 65.2 Å². The number of nitrogens with zero attached hydrogens (tertiary/aromatic N) is 4. The van der Waals surface area contributed by atoms with Crippen LogP contribution in [0.3, 0.4) is 0 Å². The minimum absolute atomic E-state index is 0. The summed E-state index contributed by atoms with van der Waals surface area (Å²) in [7, 11) is 0. The monoisotopic (exact) mass is 1030 g/mol. The van der Waals surface area contributed by atoms with Crippen molar-refractivity contribution >= 4 is 35.8 Å². The molecule has 8 N–H and O–H groups in total. The largest absolute Gasteiger partial charge is 2.00 e. The van der Waals surface area contributed by atoms with E-state index < -0.39 is 62.0 Å². The summed E-state index contributed by atoms with van der Waals surface area (Å²) in [5.41, 5.74) is -0.0425. The van der Waals surface area contributed by atoms with Crippen LogP contribution in [0.1, 0.15) is 115 Å². The standard InChI is InChI=1S/2C12H13NO7.2C6H15N.2C3H8O.2C2H3N.Cu/c2*14-9-2-1-7(12(19)20)3-8(9)4-13(5-10(15)16)6-11(17)18;2*1-4-7(5-2)6-3;2*1-3(2)4;2*1-2-3;/h2*1-3,14H,4-6H2,(H,15,16)(H,17,18)(H,19,20);2*4-6H2,1-3H3;2*3-4H,1-2H3;2*1H3;/q;;;;;;;;+2/p-2. The van der Waals surface area contributed by atoms with Crippen molar-refractivity contribution in [3.05, 3.63) is 58.7 Å². The van der Waals surface area contributed by atoms with Crippen molar-refractivity contribution in [1.29, 1.82) is 10.5 Å². The van der Waals surface area contributed by atoms with E-state index >= 15 is 0 Å². The topological polar surface area (TPSA) is 379 Å². The minimum atomic E-state index is -1.50. The zero-order valence-electron chi connectivity index (χ0n) is 42.0. The molecular formula is C46H76CuN6O16. The van der Waals surface area contributed by atoms with Crippen LogP contribution in [0.2, 0.25) is 0 Å². The van der Waals surface area contributed by atoms with Crippen LogP contribution in [0, 0.1) is 22.7 Å². The fourth-order valence-electron chi connectivity index (χ4n) is 4.74.